The van der Waals surface area contributed by atoms with Gasteiger partial charge in [-0.1, -0.05) is 18.7 Å². The lowest BCUT2D eigenvalue weighted by molar-refractivity contribution is 0.355. The number of nitrogens with zero attached hydrogens (tertiary/aromatic N) is 3. The number of hydrogen-bond donors (Lipinski definition) is 2. The lowest BCUT2D eigenvalue weighted by atomic mass is 10.2. The first kappa shape index (κ1) is 20.9. The smallest absolute Gasteiger partial charge is 0.218 e. The van der Waals surface area contributed by atoms with Crippen molar-refractivity contribution in [3.05, 3.63) is 78.7 Å². The fraction of sp³-hybridized carbons (Fsp3) is 0.158. The van der Waals surface area contributed by atoms with Gasteiger partial charge < -0.3 is 21.1 Å². The average molecular weight is 357 g/mol. The quantitative estimate of drug-likeness (QED) is 0.308. The first-order valence-corrected chi connectivity index (χ1v) is 7.86. The van der Waals surface area contributed by atoms with Crippen LogP contribution < -0.4 is 16.2 Å². The maximum Gasteiger partial charge on any atom is 0.218 e. The number of allylic oxidation sites excluding steroid dienone is 2. The van der Waals surface area contributed by atoms with Crippen molar-refractivity contribution in [1.82, 2.24) is 4.90 Å². The number of aliphatic imine (C=N–C) groups is 2. The molecule has 0 fully saturated rings. The third kappa shape index (κ3) is 6.37. The Labute approximate surface area is 153 Å². The van der Waals surface area contributed by atoms with Crippen molar-refractivity contribution in [1.29, 1.82) is 0 Å². The van der Waals surface area contributed by atoms with Gasteiger partial charge in [-0.05, 0) is 43.5 Å². The van der Waals surface area contributed by atoms with Gasteiger partial charge in [0.15, 0.2) is 11.6 Å². The standard InChI is InChI=1S/C19H24FN5O/c1-4-9-24-19(5-2)26-18-7-6-15(11-17(18)20)13-25(14-22)16(12-21)8-10-23-3/h4-12H,2-3,13-14,21-22H2,1H3/b9-4-,10-8-,16-12-,24-19?. The van der Waals surface area contributed by atoms with E-state index in [0.29, 0.717) is 17.8 Å². The highest BCUT2D eigenvalue weighted by molar-refractivity contribution is 5.89. The van der Waals surface area contributed by atoms with Crippen molar-refractivity contribution < 1.29 is 9.13 Å². The van der Waals surface area contributed by atoms with E-state index in [4.69, 9.17) is 16.2 Å². The molecule has 0 heterocycles. The second-order valence-corrected chi connectivity index (χ2v) is 4.99. The molecule has 1 aromatic rings. The summed E-state index contributed by atoms with van der Waals surface area (Å²) in [5.74, 6) is -0.258. The third-order valence-corrected chi connectivity index (χ3v) is 3.22. The zero-order valence-electron chi connectivity index (χ0n) is 14.8. The van der Waals surface area contributed by atoms with Gasteiger partial charge in [-0.25, -0.2) is 9.38 Å². The zero-order valence-corrected chi connectivity index (χ0v) is 14.8. The summed E-state index contributed by atoms with van der Waals surface area (Å²) >= 11 is 0. The molecule has 4 N–H and O–H groups in total. The summed E-state index contributed by atoms with van der Waals surface area (Å²) in [6.45, 7) is 9.33. The molecule has 26 heavy (non-hydrogen) atoms. The van der Waals surface area contributed by atoms with E-state index < -0.39 is 5.82 Å². The van der Waals surface area contributed by atoms with Crippen molar-refractivity contribution >= 4 is 12.6 Å². The van der Waals surface area contributed by atoms with Gasteiger partial charge in [-0.15, -0.1) is 0 Å². The lowest BCUT2D eigenvalue weighted by Gasteiger charge is -2.23. The Kier molecular flexibility index (Phi) is 9.13. The second kappa shape index (κ2) is 11.4. The Morgan fingerprint density at radius 2 is 2.15 bits per heavy atom. The van der Waals surface area contributed by atoms with Crippen LogP contribution in [0.4, 0.5) is 4.39 Å². The first-order chi connectivity index (χ1) is 12.6. The van der Waals surface area contributed by atoms with E-state index in [0.717, 1.165) is 0 Å². The molecule has 1 rings (SSSR count). The highest BCUT2D eigenvalue weighted by atomic mass is 19.1. The van der Waals surface area contributed by atoms with Gasteiger partial charge in [0.1, 0.15) is 0 Å². The second-order valence-electron chi connectivity index (χ2n) is 4.99. The fourth-order valence-corrected chi connectivity index (χ4v) is 1.98. The predicted molar refractivity (Wildman–Crippen MR) is 105 cm³/mol. The van der Waals surface area contributed by atoms with E-state index in [1.54, 1.807) is 23.1 Å². The Hall–Kier alpha value is -3.19. The minimum absolute atomic E-state index is 0.0570. The Balaban J connectivity index is 2.96. The van der Waals surface area contributed by atoms with Crippen LogP contribution in [-0.4, -0.2) is 24.2 Å². The molecule has 138 valence electrons. The number of nitrogens with two attached hydrogens (primary N) is 2. The summed E-state index contributed by atoms with van der Waals surface area (Å²) in [6, 6.07) is 4.64. The molecule has 0 aromatic heterocycles. The molecule has 0 amide bonds. The molecule has 0 saturated carbocycles. The van der Waals surface area contributed by atoms with Gasteiger partial charge in [0.2, 0.25) is 5.90 Å². The minimum Gasteiger partial charge on any atom is -0.436 e. The molecule has 0 saturated heterocycles. The van der Waals surface area contributed by atoms with E-state index in [9.17, 15) is 4.39 Å². The van der Waals surface area contributed by atoms with Crippen LogP contribution in [-0.2, 0) is 6.54 Å². The predicted octanol–water partition coefficient (Wildman–Crippen LogP) is 3.06. The lowest BCUT2D eigenvalue weighted by Crippen LogP contribution is -2.29. The van der Waals surface area contributed by atoms with Crippen LogP contribution in [0.3, 0.4) is 0 Å². The van der Waals surface area contributed by atoms with Crippen molar-refractivity contribution in [2.75, 3.05) is 6.67 Å². The molecule has 1 aromatic carbocycles. The van der Waals surface area contributed by atoms with Crippen molar-refractivity contribution in [3.8, 4) is 5.75 Å². The molecule has 0 unspecified atom stereocenters. The molecule has 0 atom stereocenters. The van der Waals surface area contributed by atoms with Crippen molar-refractivity contribution in [2.45, 2.75) is 13.5 Å². The van der Waals surface area contributed by atoms with Gasteiger partial charge in [0.05, 0.1) is 12.4 Å². The molecule has 7 heteroatoms. The van der Waals surface area contributed by atoms with Crippen LogP contribution in [0.1, 0.15) is 12.5 Å². The number of rotatable bonds is 9. The number of halogens is 1. The van der Waals surface area contributed by atoms with Gasteiger partial charge in [0, 0.05) is 25.1 Å². The summed E-state index contributed by atoms with van der Waals surface area (Å²) in [7, 11) is 0. The van der Waals surface area contributed by atoms with Crippen LogP contribution in [0.5, 0.6) is 5.75 Å². The van der Waals surface area contributed by atoms with Gasteiger partial charge in [0.25, 0.3) is 0 Å². The third-order valence-electron chi connectivity index (χ3n) is 3.22. The highest BCUT2D eigenvalue weighted by Crippen LogP contribution is 2.21. The van der Waals surface area contributed by atoms with E-state index in [-0.39, 0.29) is 18.3 Å². The van der Waals surface area contributed by atoms with E-state index in [2.05, 4.69) is 23.3 Å². The largest absolute Gasteiger partial charge is 0.436 e. The molecule has 0 aliphatic heterocycles. The van der Waals surface area contributed by atoms with Gasteiger partial charge in [-0.3, -0.25) is 4.99 Å². The monoisotopic (exact) mass is 357 g/mol. The van der Waals surface area contributed by atoms with Crippen LogP contribution in [0, 0.1) is 5.82 Å². The van der Waals surface area contributed by atoms with Gasteiger partial charge in [-0.2, -0.15) is 0 Å². The van der Waals surface area contributed by atoms with Crippen LogP contribution in [0.15, 0.2) is 77.3 Å². The minimum atomic E-state index is -0.518. The summed E-state index contributed by atoms with van der Waals surface area (Å²) < 4.78 is 19.8. The Morgan fingerprint density at radius 3 is 2.69 bits per heavy atom. The van der Waals surface area contributed by atoms with Crippen LogP contribution in [0.25, 0.3) is 0 Å². The highest BCUT2D eigenvalue weighted by Gasteiger charge is 2.11. The number of ether oxygens (including phenoxy) is 1. The molecule has 0 aliphatic carbocycles. The Morgan fingerprint density at radius 1 is 1.38 bits per heavy atom. The molecular formula is C19H24FN5O. The van der Waals surface area contributed by atoms with Crippen LogP contribution >= 0.6 is 0 Å². The van der Waals surface area contributed by atoms with Crippen molar-refractivity contribution in [3.63, 3.8) is 0 Å². The number of benzene rings is 1. The summed E-state index contributed by atoms with van der Waals surface area (Å²) in [6.07, 6.45) is 9.24. The van der Waals surface area contributed by atoms with Crippen LogP contribution in [0.2, 0.25) is 0 Å². The molecule has 0 aliphatic rings. The summed E-state index contributed by atoms with van der Waals surface area (Å²) in [5.41, 5.74) is 12.7. The van der Waals surface area contributed by atoms with E-state index in [1.807, 2.05) is 6.92 Å². The molecule has 0 radical (unpaired) electrons. The molecule has 6 nitrogen and oxygen atoms in total. The number of hydrogen-bond acceptors (Lipinski definition) is 6. The SMILES string of the molecule is C=CC(=N/C=C\C)Oc1ccc(CN(CN)C(/C=C\N=C)=C\N)cc1F. The normalized spacial score (nSPS) is 12.6. The molecular weight excluding hydrogens is 333 g/mol. The summed E-state index contributed by atoms with van der Waals surface area (Å²) in [4.78, 5) is 9.40. The Bertz CT molecular complexity index is 737. The average Bonchev–Trinajstić information content (AvgIpc) is 2.66. The maximum absolute atomic E-state index is 14.4. The zero-order chi connectivity index (χ0) is 19.4. The van der Waals surface area contributed by atoms with E-state index in [1.165, 1.54) is 36.8 Å². The topological polar surface area (TPSA) is 89.2 Å². The fourth-order valence-electron chi connectivity index (χ4n) is 1.98. The molecule has 0 bridgehead atoms. The first-order valence-electron chi connectivity index (χ1n) is 7.86. The summed E-state index contributed by atoms with van der Waals surface area (Å²) in [5, 5.41) is 0. The maximum atomic E-state index is 14.4. The molecule has 0 spiro atoms. The van der Waals surface area contributed by atoms with Crippen molar-refractivity contribution in [2.24, 2.45) is 21.5 Å². The van der Waals surface area contributed by atoms with E-state index >= 15 is 0 Å². The van der Waals surface area contributed by atoms with Gasteiger partial charge >= 0.3 is 0 Å².